The van der Waals surface area contributed by atoms with Crippen molar-refractivity contribution >= 4 is 21.5 Å². The maximum Gasteiger partial charge on any atom is 0.410 e. The van der Waals surface area contributed by atoms with E-state index < -0.39 is 9.84 Å². The second-order valence-electron chi connectivity index (χ2n) is 7.83. The van der Waals surface area contributed by atoms with Crippen LogP contribution >= 0.6 is 0 Å². The van der Waals surface area contributed by atoms with E-state index >= 15 is 0 Å². The van der Waals surface area contributed by atoms with Gasteiger partial charge in [-0.25, -0.2) is 18.2 Å². The fourth-order valence-electron chi connectivity index (χ4n) is 3.24. The van der Waals surface area contributed by atoms with E-state index in [0.29, 0.717) is 19.0 Å². The molecule has 2 aromatic heterocycles. The lowest BCUT2D eigenvalue weighted by Crippen LogP contribution is -2.39. The Bertz CT molecular complexity index is 1050. The second kappa shape index (κ2) is 9.47. The molecule has 9 heteroatoms. The van der Waals surface area contributed by atoms with Crippen LogP contribution in [0.2, 0.25) is 0 Å². The smallest absolute Gasteiger partial charge is 0.410 e. The fraction of sp³-hybridized carbons (Fsp3) is 0.409. The molecule has 1 amide bonds. The van der Waals surface area contributed by atoms with Crippen LogP contribution in [-0.2, 0) is 21.2 Å². The zero-order valence-corrected chi connectivity index (χ0v) is 18.9. The number of pyridine rings is 2. The third-order valence-electron chi connectivity index (χ3n) is 4.81. The Hall–Kier alpha value is -2.94. The third kappa shape index (κ3) is 6.04. The number of amides is 1. The number of nitrogens with zero attached hydrogens (tertiary/aromatic N) is 3. The summed E-state index contributed by atoms with van der Waals surface area (Å²) in [6, 6.07) is 6.85. The second-order valence-corrected chi connectivity index (χ2v) is 9.84. The number of ether oxygens (including phenoxy) is 2. The molecule has 0 aromatic carbocycles. The first kappa shape index (κ1) is 22.7. The van der Waals surface area contributed by atoms with E-state index in [1.807, 2.05) is 32.1 Å². The van der Waals surface area contributed by atoms with E-state index in [9.17, 15) is 13.2 Å². The third-order valence-corrected chi connectivity index (χ3v) is 5.91. The van der Waals surface area contributed by atoms with Crippen molar-refractivity contribution in [2.24, 2.45) is 5.92 Å². The van der Waals surface area contributed by atoms with Crippen molar-refractivity contribution < 1.29 is 22.7 Å². The predicted molar refractivity (Wildman–Crippen MR) is 116 cm³/mol. The monoisotopic (exact) mass is 445 g/mol. The van der Waals surface area contributed by atoms with Crippen molar-refractivity contribution in [3.8, 4) is 5.88 Å². The Morgan fingerprint density at radius 3 is 2.52 bits per heavy atom. The van der Waals surface area contributed by atoms with Gasteiger partial charge >= 0.3 is 6.09 Å². The number of aromatic nitrogens is 2. The van der Waals surface area contributed by atoms with E-state index in [1.165, 1.54) is 18.3 Å². The van der Waals surface area contributed by atoms with Crippen molar-refractivity contribution in [3.05, 3.63) is 54.0 Å². The highest BCUT2D eigenvalue weighted by atomic mass is 32.2. The zero-order chi connectivity index (χ0) is 22.6. The molecule has 3 rings (SSSR count). The Morgan fingerprint density at radius 1 is 1.19 bits per heavy atom. The summed E-state index contributed by atoms with van der Waals surface area (Å²) in [6.45, 7) is 7.06. The molecule has 0 fully saturated rings. The van der Waals surface area contributed by atoms with Gasteiger partial charge in [-0.05, 0) is 43.0 Å². The number of hydrogen-bond acceptors (Lipinski definition) is 7. The van der Waals surface area contributed by atoms with E-state index in [1.54, 1.807) is 11.1 Å². The minimum Gasteiger partial charge on any atom is -0.471 e. The van der Waals surface area contributed by atoms with Crippen LogP contribution in [0, 0.1) is 5.92 Å². The summed E-state index contributed by atoms with van der Waals surface area (Å²) in [5.74, 6) is 0.491. The van der Waals surface area contributed by atoms with Gasteiger partial charge in [0, 0.05) is 37.8 Å². The molecule has 1 atom stereocenters. The number of carbonyl (C=O) groups is 1. The summed E-state index contributed by atoms with van der Waals surface area (Å²) in [5, 5.41) is 0. The van der Waals surface area contributed by atoms with Crippen LogP contribution in [-0.4, -0.2) is 54.8 Å². The van der Waals surface area contributed by atoms with Crippen molar-refractivity contribution in [2.75, 3.05) is 19.3 Å². The molecule has 0 spiro atoms. The average molecular weight is 446 g/mol. The lowest BCUT2D eigenvalue weighted by Gasteiger charge is -2.31. The first-order valence-electron chi connectivity index (χ1n) is 10.0. The number of rotatable bonds is 6. The van der Waals surface area contributed by atoms with Gasteiger partial charge in [0.05, 0.1) is 16.7 Å². The maximum absolute atomic E-state index is 12.1. The van der Waals surface area contributed by atoms with Gasteiger partial charge < -0.3 is 14.4 Å². The molecular formula is C22H27N3O5S. The van der Waals surface area contributed by atoms with Crippen LogP contribution in [0.4, 0.5) is 4.79 Å². The van der Waals surface area contributed by atoms with Gasteiger partial charge in [-0.15, -0.1) is 0 Å². The molecule has 2 aromatic rings. The summed E-state index contributed by atoms with van der Waals surface area (Å²) in [6.07, 6.45) is 5.81. The molecule has 0 saturated carbocycles. The van der Waals surface area contributed by atoms with Gasteiger partial charge in [-0.1, -0.05) is 19.1 Å². The molecular weight excluding hydrogens is 418 g/mol. The molecule has 3 heterocycles. The Labute approximate surface area is 182 Å². The fourth-order valence-corrected chi connectivity index (χ4v) is 3.80. The molecule has 31 heavy (non-hydrogen) atoms. The molecule has 1 aliphatic heterocycles. The molecule has 1 unspecified atom stereocenters. The van der Waals surface area contributed by atoms with Crippen LogP contribution in [0.25, 0.3) is 5.57 Å². The summed E-state index contributed by atoms with van der Waals surface area (Å²) >= 11 is 0. The van der Waals surface area contributed by atoms with E-state index in [0.717, 1.165) is 23.1 Å². The van der Waals surface area contributed by atoms with E-state index in [4.69, 9.17) is 9.47 Å². The highest BCUT2D eigenvalue weighted by Crippen LogP contribution is 2.27. The molecule has 1 aliphatic rings. The Balaban J connectivity index is 1.60. The number of carbonyl (C=O) groups excluding carboxylic acids is 1. The SMILES string of the molecule is CC(C)OC(=O)N1CC=C(c2ccc(COc3ccc(S(C)(=O)=O)cn3)nc2)C(C)C1. The van der Waals surface area contributed by atoms with Gasteiger partial charge in [0.15, 0.2) is 9.84 Å². The molecule has 0 aliphatic carbocycles. The quantitative estimate of drug-likeness (QED) is 0.672. The van der Waals surface area contributed by atoms with Crippen molar-refractivity contribution in [3.63, 3.8) is 0 Å². The Morgan fingerprint density at radius 2 is 1.97 bits per heavy atom. The lowest BCUT2D eigenvalue weighted by molar-refractivity contribution is 0.0769. The predicted octanol–water partition coefficient (Wildman–Crippen LogP) is 3.34. The van der Waals surface area contributed by atoms with Crippen LogP contribution in [0.1, 0.15) is 32.0 Å². The maximum atomic E-state index is 12.1. The molecule has 8 nitrogen and oxygen atoms in total. The molecule has 0 bridgehead atoms. The minimum atomic E-state index is -3.28. The largest absolute Gasteiger partial charge is 0.471 e. The van der Waals surface area contributed by atoms with Gasteiger partial charge in [-0.3, -0.25) is 4.98 Å². The standard InChI is InChI=1S/C22H27N3O5S/c1-15(2)30-22(26)25-10-9-20(16(3)13-25)17-5-6-18(23-11-17)14-29-21-8-7-19(12-24-21)31(4,27)28/h5-9,11-12,15-16H,10,13-14H2,1-4H3. The average Bonchev–Trinajstić information content (AvgIpc) is 2.72. The number of hydrogen-bond donors (Lipinski definition) is 0. The van der Waals surface area contributed by atoms with Gasteiger partial charge in [-0.2, -0.15) is 0 Å². The summed E-state index contributed by atoms with van der Waals surface area (Å²) in [7, 11) is -3.28. The van der Waals surface area contributed by atoms with Gasteiger partial charge in [0.25, 0.3) is 0 Å². The molecule has 0 N–H and O–H groups in total. The van der Waals surface area contributed by atoms with Crippen LogP contribution in [0.15, 0.2) is 47.6 Å². The normalized spacial score (nSPS) is 16.7. The lowest BCUT2D eigenvalue weighted by atomic mass is 9.91. The minimum absolute atomic E-state index is 0.139. The highest BCUT2D eigenvalue weighted by molar-refractivity contribution is 7.90. The summed E-state index contributed by atoms with van der Waals surface area (Å²) < 4.78 is 33.8. The van der Waals surface area contributed by atoms with E-state index in [-0.39, 0.29) is 29.6 Å². The first-order chi connectivity index (χ1) is 14.6. The topological polar surface area (TPSA) is 98.7 Å². The summed E-state index contributed by atoms with van der Waals surface area (Å²) in [4.78, 5) is 22.4. The molecule has 166 valence electrons. The van der Waals surface area contributed by atoms with Crippen LogP contribution < -0.4 is 4.74 Å². The first-order valence-corrected chi connectivity index (χ1v) is 11.9. The number of sulfone groups is 1. The molecule has 0 saturated heterocycles. The van der Waals surface area contributed by atoms with Gasteiger partial charge in [0.1, 0.15) is 6.61 Å². The van der Waals surface area contributed by atoms with Crippen molar-refractivity contribution in [2.45, 2.75) is 38.4 Å². The van der Waals surface area contributed by atoms with Crippen molar-refractivity contribution in [1.82, 2.24) is 14.9 Å². The van der Waals surface area contributed by atoms with Gasteiger partial charge in [0.2, 0.25) is 5.88 Å². The Kier molecular flexibility index (Phi) is 6.94. The summed E-state index contributed by atoms with van der Waals surface area (Å²) in [5.41, 5.74) is 2.87. The van der Waals surface area contributed by atoms with Crippen molar-refractivity contribution in [1.29, 1.82) is 0 Å². The van der Waals surface area contributed by atoms with E-state index in [2.05, 4.69) is 16.9 Å². The zero-order valence-electron chi connectivity index (χ0n) is 18.1. The molecule has 0 radical (unpaired) electrons. The highest BCUT2D eigenvalue weighted by Gasteiger charge is 2.25. The van der Waals surface area contributed by atoms with Crippen LogP contribution in [0.5, 0.6) is 5.88 Å². The van der Waals surface area contributed by atoms with Crippen LogP contribution in [0.3, 0.4) is 0 Å².